The molecule has 0 bridgehead atoms. The molecule has 100 valence electrons. The molecule has 0 spiro atoms. The van der Waals surface area contributed by atoms with Crippen molar-refractivity contribution >= 4 is 50.8 Å². The zero-order valence-corrected chi connectivity index (χ0v) is 12.7. The van der Waals surface area contributed by atoms with Crippen LogP contribution in [-0.2, 0) is 0 Å². The second-order valence-electron chi connectivity index (χ2n) is 3.43. The molecule has 1 aromatic heterocycles. The topological polar surface area (TPSA) is 37.8 Å². The molecule has 0 aliphatic carbocycles. The van der Waals surface area contributed by atoms with Crippen LogP contribution in [0.1, 0.15) is 0 Å². The maximum atomic E-state index is 13.7. The van der Waals surface area contributed by atoms with Gasteiger partial charge in [0, 0.05) is 12.1 Å². The van der Waals surface area contributed by atoms with E-state index < -0.39 is 11.6 Å². The van der Waals surface area contributed by atoms with Gasteiger partial charge in [-0.2, -0.15) is 0 Å². The standard InChI is InChI=1S/C11H7BrClF2N3S/c1-19-11-17-9(13)4-10(18-11)16-8-3-6(14)5(12)2-7(8)15/h2-4H,1H3,(H,16,17,18). The third-order valence-corrected chi connectivity index (χ3v) is 3.48. The first-order valence-electron chi connectivity index (χ1n) is 4.99. The molecule has 2 rings (SSSR count). The lowest BCUT2D eigenvalue weighted by atomic mass is 10.3. The van der Waals surface area contributed by atoms with E-state index in [4.69, 9.17) is 11.6 Å². The number of thioether (sulfide) groups is 1. The van der Waals surface area contributed by atoms with Gasteiger partial charge in [0.2, 0.25) is 0 Å². The van der Waals surface area contributed by atoms with Crippen molar-refractivity contribution in [2.75, 3.05) is 11.6 Å². The van der Waals surface area contributed by atoms with Crippen LogP contribution in [0.2, 0.25) is 5.15 Å². The van der Waals surface area contributed by atoms with Crippen LogP contribution in [0.3, 0.4) is 0 Å². The van der Waals surface area contributed by atoms with Gasteiger partial charge < -0.3 is 5.32 Å². The van der Waals surface area contributed by atoms with Crippen LogP contribution in [0, 0.1) is 11.6 Å². The van der Waals surface area contributed by atoms with Crippen LogP contribution >= 0.6 is 39.3 Å². The van der Waals surface area contributed by atoms with Crippen LogP contribution in [-0.4, -0.2) is 16.2 Å². The first kappa shape index (κ1) is 14.5. The van der Waals surface area contributed by atoms with Crippen LogP contribution in [0.4, 0.5) is 20.3 Å². The monoisotopic (exact) mass is 365 g/mol. The molecular weight excluding hydrogens is 360 g/mol. The molecule has 0 saturated carbocycles. The van der Waals surface area contributed by atoms with Crippen molar-refractivity contribution < 1.29 is 8.78 Å². The highest BCUT2D eigenvalue weighted by molar-refractivity contribution is 9.10. The molecule has 2 aromatic rings. The number of rotatable bonds is 3. The molecule has 0 aliphatic rings. The van der Waals surface area contributed by atoms with Gasteiger partial charge in [-0.25, -0.2) is 18.7 Å². The zero-order chi connectivity index (χ0) is 14.0. The highest BCUT2D eigenvalue weighted by Crippen LogP contribution is 2.26. The van der Waals surface area contributed by atoms with E-state index in [0.717, 1.165) is 12.1 Å². The van der Waals surface area contributed by atoms with E-state index in [1.54, 1.807) is 6.26 Å². The van der Waals surface area contributed by atoms with E-state index in [0.29, 0.717) is 11.0 Å². The SMILES string of the molecule is CSc1nc(Cl)cc(Nc2cc(F)c(Br)cc2F)n1. The van der Waals surface area contributed by atoms with Crippen LogP contribution in [0.5, 0.6) is 0 Å². The average Bonchev–Trinajstić information content (AvgIpc) is 2.35. The lowest BCUT2D eigenvalue weighted by Gasteiger charge is -2.09. The Bertz CT molecular complexity index is 627. The van der Waals surface area contributed by atoms with E-state index in [2.05, 4.69) is 31.2 Å². The van der Waals surface area contributed by atoms with E-state index in [9.17, 15) is 8.78 Å². The van der Waals surface area contributed by atoms with Gasteiger partial charge in [-0.15, -0.1) is 0 Å². The van der Waals surface area contributed by atoms with E-state index in [1.807, 2.05) is 0 Å². The smallest absolute Gasteiger partial charge is 0.190 e. The summed E-state index contributed by atoms with van der Waals surface area (Å²) in [4.78, 5) is 8.05. The summed E-state index contributed by atoms with van der Waals surface area (Å²) in [6.45, 7) is 0. The Morgan fingerprint density at radius 2 is 1.95 bits per heavy atom. The fraction of sp³-hybridized carbons (Fsp3) is 0.0909. The van der Waals surface area contributed by atoms with Gasteiger partial charge in [-0.3, -0.25) is 0 Å². The molecule has 0 amide bonds. The molecular formula is C11H7BrClF2N3S. The van der Waals surface area contributed by atoms with Crippen LogP contribution in [0.15, 0.2) is 27.8 Å². The fourth-order valence-corrected chi connectivity index (χ4v) is 2.24. The molecule has 1 N–H and O–H groups in total. The van der Waals surface area contributed by atoms with Gasteiger partial charge in [0.15, 0.2) is 5.16 Å². The largest absolute Gasteiger partial charge is 0.338 e. The van der Waals surface area contributed by atoms with Crippen molar-refractivity contribution in [1.82, 2.24) is 9.97 Å². The minimum atomic E-state index is -0.603. The molecule has 19 heavy (non-hydrogen) atoms. The normalized spacial score (nSPS) is 10.6. The number of anilines is 2. The maximum absolute atomic E-state index is 13.7. The highest BCUT2D eigenvalue weighted by Gasteiger charge is 2.10. The fourth-order valence-electron chi connectivity index (χ4n) is 1.31. The lowest BCUT2D eigenvalue weighted by molar-refractivity contribution is 0.597. The van der Waals surface area contributed by atoms with Crippen molar-refractivity contribution in [1.29, 1.82) is 0 Å². The van der Waals surface area contributed by atoms with Gasteiger partial charge in [-0.05, 0) is 28.3 Å². The summed E-state index contributed by atoms with van der Waals surface area (Å²) in [5, 5.41) is 3.33. The number of hydrogen-bond acceptors (Lipinski definition) is 4. The highest BCUT2D eigenvalue weighted by atomic mass is 79.9. The molecule has 1 heterocycles. The molecule has 1 aromatic carbocycles. The molecule has 0 fully saturated rings. The van der Waals surface area contributed by atoms with E-state index >= 15 is 0 Å². The van der Waals surface area contributed by atoms with Gasteiger partial charge >= 0.3 is 0 Å². The summed E-state index contributed by atoms with van der Waals surface area (Å²) in [5.74, 6) is -0.882. The van der Waals surface area contributed by atoms with Gasteiger partial charge in [0.1, 0.15) is 22.6 Å². The first-order valence-corrected chi connectivity index (χ1v) is 7.39. The summed E-state index contributed by atoms with van der Waals surface area (Å²) in [5.41, 5.74) is -0.0254. The summed E-state index contributed by atoms with van der Waals surface area (Å²) in [6, 6.07) is 3.50. The van der Waals surface area contributed by atoms with Gasteiger partial charge in [0.05, 0.1) is 10.2 Å². The Labute approximate surface area is 125 Å². The Kier molecular flexibility index (Phi) is 4.59. The molecule has 0 unspecified atom stereocenters. The molecule has 0 atom stereocenters. The predicted octanol–water partition coefficient (Wildman–Crippen LogP) is 4.64. The Morgan fingerprint density at radius 1 is 1.21 bits per heavy atom. The summed E-state index contributed by atoms with van der Waals surface area (Å²) in [6.07, 6.45) is 1.79. The maximum Gasteiger partial charge on any atom is 0.190 e. The van der Waals surface area contributed by atoms with Crippen LogP contribution < -0.4 is 5.32 Å². The Morgan fingerprint density at radius 3 is 2.63 bits per heavy atom. The minimum absolute atomic E-state index is 0.0254. The molecule has 0 radical (unpaired) electrons. The second-order valence-corrected chi connectivity index (χ2v) is 5.45. The molecule has 0 aliphatic heterocycles. The second kappa shape index (κ2) is 6.02. The summed E-state index contributed by atoms with van der Waals surface area (Å²) < 4.78 is 27.1. The molecule has 3 nitrogen and oxygen atoms in total. The van der Waals surface area contributed by atoms with Gasteiger partial charge in [0.25, 0.3) is 0 Å². The predicted molar refractivity (Wildman–Crippen MR) is 76.2 cm³/mol. The third-order valence-electron chi connectivity index (χ3n) is 2.13. The molecule has 8 heteroatoms. The summed E-state index contributed by atoms with van der Waals surface area (Å²) >= 11 is 10.0. The number of halogens is 4. The van der Waals surface area contributed by atoms with Gasteiger partial charge in [-0.1, -0.05) is 23.4 Å². The van der Waals surface area contributed by atoms with E-state index in [-0.39, 0.29) is 15.3 Å². The van der Waals surface area contributed by atoms with Crippen molar-refractivity contribution in [3.8, 4) is 0 Å². The Hall–Kier alpha value is -0.920. The number of hydrogen-bond donors (Lipinski definition) is 1. The zero-order valence-electron chi connectivity index (χ0n) is 9.55. The van der Waals surface area contributed by atoms with Crippen molar-refractivity contribution in [2.45, 2.75) is 5.16 Å². The number of aromatic nitrogens is 2. The number of nitrogens with zero attached hydrogens (tertiary/aromatic N) is 2. The average molecular weight is 367 g/mol. The van der Waals surface area contributed by atoms with Crippen molar-refractivity contribution in [3.05, 3.63) is 39.5 Å². The third kappa shape index (κ3) is 3.55. The van der Waals surface area contributed by atoms with E-state index in [1.165, 1.54) is 17.8 Å². The van der Waals surface area contributed by atoms with Crippen molar-refractivity contribution in [3.63, 3.8) is 0 Å². The minimum Gasteiger partial charge on any atom is -0.338 e. The first-order chi connectivity index (χ1) is 8.99. The molecule has 0 saturated heterocycles. The Balaban J connectivity index is 2.36. The lowest BCUT2D eigenvalue weighted by Crippen LogP contribution is -1.99. The number of benzene rings is 1. The number of nitrogens with one attached hydrogen (secondary N) is 1. The summed E-state index contributed by atoms with van der Waals surface area (Å²) in [7, 11) is 0. The van der Waals surface area contributed by atoms with Crippen LogP contribution in [0.25, 0.3) is 0 Å². The quantitative estimate of drug-likeness (QED) is 0.372. The van der Waals surface area contributed by atoms with Crippen molar-refractivity contribution in [2.24, 2.45) is 0 Å².